The zero-order chi connectivity index (χ0) is 13.8. The highest BCUT2D eigenvalue weighted by atomic mass is 32.1. The molecular weight excluding hydrogens is 262 g/mol. The Labute approximate surface area is 117 Å². The van der Waals surface area contributed by atoms with E-state index in [0.29, 0.717) is 13.0 Å². The van der Waals surface area contributed by atoms with E-state index < -0.39 is 0 Å². The van der Waals surface area contributed by atoms with Crippen LogP contribution >= 0.6 is 11.3 Å². The first-order chi connectivity index (χ1) is 9.10. The molecule has 1 aromatic heterocycles. The monoisotopic (exact) mass is 281 g/mol. The van der Waals surface area contributed by atoms with Crippen LogP contribution in [0.3, 0.4) is 0 Å². The first-order valence-electron chi connectivity index (χ1n) is 6.59. The fraction of sp³-hybridized carbons (Fsp3) is 0.615. The molecule has 0 spiro atoms. The topological polar surface area (TPSA) is 62.3 Å². The van der Waals surface area contributed by atoms with Crippen molar-refractivity contribution in [2.75, 3.05) is 13.1 Å². The van der Waals surface area contributed by atoms with E-state index in [9.17, 15) is 9.59 Å². The average Bonchev–Trinajstić information content (AvgIpc) is 2.78. The number of aryl methyl sites for hydroxylation is 1. The van der Waals surface area contributed by atoms with E-state index in [4.69, 9.17) is 0 Å². The third kappa shape index (κ3) is 3.53. The molecule has 6 heteroatoms. The number of rotatable bonds is 5. The van der Waals surface area contributed by atoms with E-state index in [-0.39, 0.29) is 24.4 Å². The Balaban J connectivity index is 1.94. The van der Waals surface area contributed by atoms with Crippen LogP contribution in [-0.4, -0.2) is 40.8 Å². The molecule has 2 heterocycles. The number of hydrogen-bond acceptors (Lipinski definition) is 4. The summed E-state index contributed by atoms with van der Waals surface area (Å²) in [5.74, 6) is -0.0249. The molecule has 1 aromatic rings. The number of hydrogen-bond donors (Lipinski definition) is 1. The van der Waals surface area contributed by atoms with Crippen molar-refractivity contribution in [2.45, 2.75) is 39.2 Å². The Kier molecular flexibility index (Phi) is 4.52. The van der Waals surface area contributed by atoms with Crippen molar-refractivity contribution in [3.05, 3.63) is 16.1 Å². The standard InChI is InChI=1S/C13H19N3O2S/c1-3-4-10-13(18)16(7-11(17)15-10)6-5-12-14-9(2)8-19-12/h8,10H,3-7H2,1-2H3,(H,15,17). The molecule has 0 bridgehead atoms. The highest BCUT2D eigenvalue weighted by Crippen LogP contribution is 2.12. The number of aromatic nitrogens is 1. The Hall–Kier alpha value is -1.43. The third-order valence-electron chi connectivity index (χ3n) is 3.12. The minimum Gasteiger partial charge on any atom is -0.343 e. The summed E-state index contributed by atoms with van der Waals surface area (Å²) in [6.45, 7) is 4.70. The Morgan fingerprint density at radius 2 is 2.32 bits per heavy atom. The maximum absolute atomic E-state index is 12.2. The van der Waals surface area contributed by atoms with Crippen LogP contribution in [0.15, 0.2) is 5.38 Å². The summed E-state index contributed by atoms with van der Waals surface area (Å²) in [7, 11) is 0. The Morgan fingerprint density at radius 3 is 2.95 bits per heavy atom. The first-order valence-corrected chi connectivity index (χ1v) is 7.47. The van der Waals surface area contributed by atoms with E-state index >= 15 is 0 Å². The lowest BCUT2D eigenvalue weighted by Gasteiger charge is -2.32. The lowest BCUT2D eigenvalue weighted by atomic mass is 10.1. The zero-order valence-electron chi connectivity index (χ0n) is 11.3. The molecular formula is C13H19N3O2S. The predicted molar refractivity (Wildman–Crippen MR) is 74.0 cm³/mol. The van der Waals surface area contributed by atoms with E-state index in [2.05, 4.69) is 10.3 Å². The molecule has 1 saturated heterocycles. The second-order valence-corrected chi connectivity index (χ2v) is 5.74. The second kappa shape index (κ2) is 6.14. The molecule has 0 aliphatic carbocycles. The van der Waals surface area contributed by atoms with Gasteiger partial charge in [0, 0.05) is 24.0 Å². The average molecular weight is 281 g/mol. The summed E-state index contributed by atoms with van der Waals surface area (Å²) in [6.07, 6.45) is 2.31. The summed E-state index contributed by atoms with van der Waals surface area (Å²) in [6, 6.07) is -0.343. The summed E-state index contributed by atoms with van der Waals surface area (Å²) >= 11 is 1.60. The van der Waals surface area contributed by atoms with Gasteiger partial charge in [-0.2, -0.15) is 0 Å². The smallest absolute Gasteiger partial charge is 0.245 e. The van der Waals surface area contributed by atoms with Crippen LogP contribution in [0.4, 0.5) is 0 Å². The van der Waals surface area contributed by atoms with Crippen molar-refractivity contribution < 1.29 is 9.59 Å². The van der Waals surface area contributed by atoms with Crippen LogP contribution in [-0.2, 0) is 16.0 Å². The van der Waals surface area contributed by atoms with Gasteiger partial charge in [0.15, 0.2) is 0 Å². The van der Waals surface area contributed by atoms with Gasteiger partial charge in [0.25, 0.3) is 0 Å². The molecule has 2 amide bonds. The molecule has 1 atom stereocenters. The van der Waals surface area contributed by atoms with Crippen molar-refractivity contribution in [1.29, 1.82) is 0 Å². The van der Waals surface area contributed by atoms with Crippen molar-refractivity contribution in [3.63, 3.8) is 0 Å². The van der Waals surface area contributed by atoms with Crippen LogP contribution in [0.25, 0.3) is 0 Å². The second-order valence-electron chi connectivity index (χ2n) is 4.80. The Morgan fingerprint density at radius 1 is 1.53 bits per heavy atom. The predicted octanol–water partition coefficient (Wildman–Crippen LogP) is 1.12. The summed E-state index contributed by atoms with van der Waals surface area (Å²) in [5.41, 5.74) is 1.01. The number of amides is 2. The van der Waals surface area contributed by atoms with E-state index in [1.165, 1.54) is 0 Å². The number of thiazole rings is 1. The van der Waals surface area contributed by atoms with Crippen LogP contribution in [0.1, 0.15) is 30.5 Å². The van der Waals surface area contributed by atoms with Crippen LogP contribution in [0.2, 0.25) is 0 Å². The van der Waals surface area contributed by atoms with Crippen molar-refractivity contribution in [1.82, 2.24) is 15.2 Å². The SMILES string of the molecule is CCCC1NC(=O)CN(CCc2nc(C)cs2)C1=O. The molecule has 1 aliphatic heterocycles. The van der Waals surface area contributed by atoms with Gasteiger partial charge in [0.05, 0.1) is 11.6 Å². The maximum Gasteiger partial charge on any atom is 0.245 e. The summed E-state index contributed by atoms with van der Waals surface area (Å²) in [5, 5.41) is 5.77. The molecule has 0 radical (unpaired) electrons. The zero-order valence-corrected chi connectivity index (χ0v) is 12.1. The van der Waals surface area contributed by atoms with E-state index in [0.717, 1.165) is 23.5 Å². The summed E-state index contributed by atoms with van der Waals surface area (Å²) < 4.78 is 0. The molecule has 1 unspecified atom stereocenters. The highest BCUT2D eigenvalue weighted by molar-refractivity contribution is 7.09. The van der Waals surface area contributed by atoms with Gasteiger partial charge in [-0.25, -0.2) is 4.98 Å². The van der Waals surface area contributed by atoms with E-state index in [1.54, 1.807) is 16.2 Å². The van der Waals surface area contributed by atoms with Gasteiger partial charge >= 0.3 is 0 Å². The summed E-state index contributed by atoms with van der Waals surface area (Å²) in [4.78, 5) is 29.8. The van der Waals surface area contributed by atoms with Gasteiger partial charge in [0.2, 0.25) is 11.8 Å². The quantitative estimate of drug-likeness (QED) is 0.880. The number of nitrogens with zero attached hydrogens (tertiary/aromatic N) is 2. The first kappa shape index (κ1) is 14.0. The van der Waals surface area contributed by atoms with E-state index in [1.807, 2.05) is 19.2 Å². The highest BCUT2D eigenvalue weighted by Gasteiger charge is 2.31. The largest absolute Gasteiger partial charge is 0.343 e. The van der Waals surface area contributed by atoms with Crippen molar-refractivity contribution in [3.8, 4) is 0 Å². The fourth-order valence-electron chi connectivity index (χ4n) is 2.20. The van der Waals surface area contributed by atoms with Gasteiger partial charge in [-0.1, -0.05) is 13.3 Å². The minimum absolute atomic E-state index is 0.0368. The normalized spacial score (nSPS) is 19.7. The lowest BCUT2D eigenvalue weighted by Crippen LogP contribution is -2.58. The molecule has 1 fully saturated rings. The van der Waals surface area contributed by atoms with Crippen molar-refractivity contribution in [2.24, 2.45) is 0 Å². The molecule has 0 saturated carbocycles. The van der Waals surface area contributed by atoms with Crippen LogP contribution in [0, 0.1) is 6.92 Å². The fourth-order valence-corrected chi connectivity index (χ4v) is 2.96. The molecule has 1 aliphatic rings. The van der Waals surface area contributed by atoms with Gasteiger partial charge in [-0.05, 0) is 13.3 Å². The molecule has 2 rings (SSSR count). The number of carbonyl (C=O) groups excluding carboxylic acids is 2. The molecule has 19 heavy (non-hydrogen) atoms. The van der Waals surface area contributed by atoms with Gasteiger partial charge in [-0.15, -0.1) is 11.3 Å². The molecule has 1 N–H and O–H groups in total. The van der Waals surface area contributed by atoms with Crippen LogP contribution in [0.5, 0.6) is 0 Å². The molecule has 104 valence electrons. The van der Waals surface area contributed by atoms with Crippen molar-refractivity contribution >= 4 is 23.2 Å². The minimum atomic E-state index is -0.343. The number of nitrogens with one attached hydrogen (secondary N) is 1. The van der Waals surface area contributed by atoms with Crippen LogP contribution < -0.4 is 5.32 Å². The van der Waals surface area contributed by atoms with Gasteiger partial charge in [0.1, 0.15) is 6.04 Å². The third-order valence-corrected chi connectivity index (χ3v) is 4.15. The van der Waals surface area contributed by atoms with Gasteiger partial charge < -0.3 is 10.2 Å². The molecule has 0 aromatic carbocycles. The number of carbonyl (C=O) groups is 2. The molecule has 5 nitrogen and oxygen atoms in total. The Bertz CT molecular complexity index is 472. The maximum atomic E-state index is 12.2. The lowest BCUT2D eigenvalue weighted by molar-refractivity contribution is -0.144. The number of piperazine rings is 1. The van der Waals surface area contributed by atoms with Gasteiger partial charge in [-0.3, -0.25) is 9.59 Å².